The van der Waals surface area contributed by atoms with Gasteiger partial charge in [-0.05, 0) is 54.3 Å². The van der Waals surface area contributed by atoms with Crippen LogP contribution in [0.25, 0.3) is 0 Å². The Bertz CT molecular complexity index is 1720. The molecule has 7 nitrogen and oxygen atoms in total. The van der Waals surface area contributed by atoms with Crippen LogP contribution in [0.3, 0.4) is 0 Å². The standard InChI is InChI=1S/C35H37Cl2N3O4S/c1-25(2)22-38-35(42)33(20-27-12-6-4-7-13-27)39(23-28-14-10-11-26(3)19-28)34(41)24-40(29-17-18-31(36)32(37)21-29)45(43,44)30-15-8-5-9-16-30/h4-19,21,25,33H,20,22-24H2,1-3H3,(H,38,42)/t33-/m1/s1. The summed E-state index contributed by atoms with van der Waals surface area (Å²) in [5.41, 5.74) is 2.83. The molecule has 236 valence electrons. The van der Waals surface area contributed by atoms with Gasteiger partial charge in [0, 0.05) is 19.5 Å². The highest BCUT2D eigenvalue weighted by Crippen LogP contribution is 2.31. The summed E-state index contributed by atoms with van der Waals surface area (Å²) >= 11 is 12.5. The number of aryl methyl sites for hydroxylation is 1. The van der Waals surface area contributed by atoms with E-state index in [1.165, 1.54) is 35.2 Å². The second-order valence-corrected chi connectivity index (χ2v) is 14.0. The molecule has 0 aliphatic heterocycles. The zero-order valence-electron chi connectivity index (χ0n) is 25.5. The molecule has 0 aliphatic rings. The van der Waals surface area contributed by atoms with Gasteiger partial charge in [-0.15, -0.1) is 0 Å². The highest BCUT2D eigenvalue weighted by molar-refractivity contribution is 7.92. The Morgan fingerprint density at radius 3 is 2.07 bits per heavy atom. The van der Waals surface area contributed by atoms with Crippen molar-refractivity contribution in [3.63, 3.8) is 0 Å². The Hall–Kier alpha value is -3.85. The largest absolute Gasteiger partial charge is 0.354 e. The Kier molecular flexibility index (Phi) is 11.7. The third-order valence-electron chi connectivity index (χ3n) is 7.19. The maximum atomic E-state index is 14.5. The van der Waals surface area contributed by atoms with Gasteiger partial charge in [-0.1, -0.05) is 115 Å². The van der Waals surface area contributed by atoms with Gasteiger partial charge in [0.2, 0.25) is 11.8 Å². The highest BCUT2D eigenvalue weighted by Gasteiger charge is 2.34. The molecule has 45 heavy (non-hydrogen) atoms. The minimum Gasteiger partial charge on any atom is -0.354 e. The van der Waals surface area contributed by atoms with E-state index in [4.69, 9.17) is 23.2 Å². The van der Waals surface area contributed by atoms with Crippen molar-refractivity contribution in [3.05, 3.63) is 130 Å². The Morgan fingerprint density at radius 1 is 0.800 bits per heavy atom. The van der Waals surface area contributed by atoms with Crippen molar-refractivity contribution >= 4 is 50.7 Å². The summed E-state index contributed by atoms with van der Waals surface area (Å²) in [5, 5.41) is 3.38. The summed E-state index contributed by atoms with van der Waals surface area (Å²) in [6.07, 6.45) is 0.237. The quantitative estimate of drug-likeness (QED) is 0.168. The zero-order valence-corrected chi connectivity index (χ0v) is 27.8. The first-order chi connectivity index (χ1) is 21.5. The van der Waals surface area contributed by atoms with Crippen molar-refractivity contribution in [1.82, 2.24) is 10.2 Å². The molecule has 0 spiro atoms. The van der Waals surface area contributed by atoms with Crippen LogP contribution in [0.2, 0.25) is 10.0 Å². The summed E-state index contributed by atoms with van der Waals surface area (Å²) in [7, 11) is -4.23. The maximum absolute atomic E-state index is 14.5. The number of carbonyl (C=O) groups excluding carboxylic acids is 2. The van der Waals surface area contributed by atoms with Crippen LogP contribution in [0, 0.1) is 12.8 Å². The molecule has 0 unspecified atom stereocenters. The van der Waals surface area contributed by atoms with Crippen LogP contribution in [0.5, 0.6) is 0 Å². The second-order valence-electron chi connectivity index (χ2n) is 11.3. The molecule has 0 saturated carbocycles. The molecular weight excluding hydrogens is 629 g/mol. The first-order valence-electron chi connectivity index (χ1n) is 14.6. The van der Waals surface area contributed by atoms with Gasteiger partial charge in [-0.25, -0.2) is 8.42 Å². The predicted molar refractivity (Wildman–Crippen MR) is 181 cm³/mol. The maximum Gasteiger partial charge on any atom is 0.264 e. The Morgan fingerprint density at radius 2 is 1.44 bits per heavy atom. The van der Waals surface area contributed by atoms with E-state index < -0.39 is 28.5 Å². The number of hydrogen-bond acceptors (Lipinski definition) is 4. The van der Waals surface area contributed by atoms with E-state index in [1.807, 2.05) is 75.4 Å². The van der Waals surface area contributed by atoms with Crippen LogP contribution < -0.4 is 9.62 Å². The van der Waals surface area contributed by atoms with Gasteiger partial charge in [0.15, 0.2) is 0 Å². The average molecular weight is 667 g/mol. The molecule has 10 heteroatoms. The van der Waals surface area contributed by atoms with Crippen LogP contribution in [0.4, 0.5) is 5.69 Å². The normalized spacial score (nSPS) is 12.0. The van der Waals surface area contributed by atoms with Gasteiger partial charge in [-0.2, -0.15) is 0 Å². The van der Waals surface area contributed by atoms with Crippen molar-refractivity contribution in [1.29, 1.82) is 0 Å². The molecule has 0 aromatic heterocycles. The topological polar surface area (TPSA) is 86.8 Å². The SMILES string of the molecule is Cc1cccc(CN(C(=O)CN(c2ccc(Cl)c(Cl)c2)S(=O)(=O)c2ccccc2)[C@H](Cc2ccccc2)C(=O)NCC(C)C)c1. The summed E-state index contributed by atoms with van der Waals surface area (Å²) < 4.78 is 29.1. The predicted octanol–water partition coefficient (Wildman–Crippen LogP) is 6.91. The minimum atomic E-state index is -4.23. The number of nitrogens with zero attached hydrogens (tertiary/aromatic N) is 2. The van der Waals surface area contributed by atoms with E-state index in [0.29, 0.717) is 6.54 Å². The molecule has 1 atom stereocenters. The smallest absolute Gasteiger partial charge is 0.264 e. The van der Waals surface area contributed by atoms with Crippen molar-refractivity contribution < 1.29 is 18.0 Å². The van der Waals surface area contributed by atoms with E-state index in [1.54, 1.807) is 18.2 Å². The van der Waals surface area contributed by atoms with Gasteiger partial charge in [0.1, 0.15) is 12.6 Å². The van der Waals surface area contributed by atoms with E-state index >= 15 is 0 Å². The van der Waals surface area contributed by atoms with Gasteiger partial charge in [0.25, 0.3) is 10.0 Å². The molecule has 0 bridgehead atoms. The fourth-order valence-corrected chi connectivity index (χ4v) is 6.59. The molecule has 0 saturated heterocycles. The van der Waals surface area contributed by atoms with Gasteiger partial charge >= 0.3 is 0 Å². The monoisotopic (exact) mass is 665 g/mol. The summed E-state index contributed by atoms with van der Waals surface area (Å²) in [5.74, 6) is -0.684. The lowest BCUT2D eigenvalue weighted by Gasteiger charge is -2.34. The number of rotatable bonds is 13. The fourth-order valence-electron chi connectivity index (χ4n) is 4.87. The average Bonchev–Trinajstić information content (AvgIpc) is 3.02. The summed E-state index contributed by atoms with van der Waals surface area (Å²) in [6, 6.07) is 28.5. The number of anilines is 1. The van der Waals surface area contributed by atoms with Crippen LogP contribution in [0.1, 0.15) is 30.5 Å². The van der Waals surface area contributed by atoms with Crippen LogP contribution in [0.15, 0.2) is 108 Å². The minimum absolute atomic E-state index is 0.00428. The number of benzene rings is 4. The lowest BCUT2D eigenvalue weighted by atomic mass is 10.0. The van der Waals surface area contributed by atoms with Crippen LogP contribution >= 0.6 is 23.2 Å². The molecule has 0 aliphatic carbocycles. The Balaban J connectivity index is 1.81. The van der Waals surface area contributed by atoms with Crippen molar-refractivity contribution in [2.75, 3.05) is 17.4 Å². The molecule has 0 heterocycles. The molecule has 2 amide bonds. The van der Waals surface area contributed by atoms with Gasteiger partial charge in [-0.3, -0.25) is 13.9 Å². The number of amides is 2. The zero-order chi connectivity index (χ0) is 32.6. The lowest BCUT2D eigenvalue weighted by molar-refractivity contribution is -0.140. The van der Waals surface area contributed by atoms with E-state index in [-0.39, 0.29) is 45.4 Å². The number of sulfonamides is 1. The molecule has 4 aromatic rings. The van der Waals surface area contributed by atoms with Crippen molar-refractivity contribution in [2.24, 2.45) is 5.92 Å². The molecule has 4 aromatic carbocycles. The van der Waals surface area contributed by atoms with Crippen LogP contribution in [-0.2, 0) is 32.6 Å². The van der Waals surface area contributed by atoms with Gasteiger partial charge in [0.05, 0.1) is 20.6 Å². The van der Waals surface area contributed by atoms with Gasteiger partial charge < -0.3 is 10.2 Å². The highest BCUT2D eigenvalue weighted by atomic mass is 35.5. The first kappa shape index (κ1) is 34.0. The third kappa shape index (κ3) is 9.10. The van der Waals surface area contributed by atoms with E-state index in [2.05, 4.69) is 5.32 Å². The summed E-state index contributed by atoms with van der Waals surface area (Å²) in [6.45, 7) is 5.87. The lowest BCUT2D eigenvalue weighted by Crippen LogP contribution is -2.53. The molecule has 1 N–H and O–H groups in total. The van der Waals surface area contributed by atoms with E-state index in [0.717, 1.165) is 21.0 Å². The van der Waals surface area contributed by atoms with Crippen molar-refractivity contribution in [3.8, 4) is 0 Å². The molecular formula is C35H37Cl2N3O4S. The molecule has 0 fully saturated rings. The Labute approximate surface area is 275 Å². The number of hydrogen-bond donors (Lipinski definition) is 1. The molecule has 0 radical (unpaired) electrons. The molecule has 4 rings (SSSR count). The summed E-state index contributed by atoms with van der Waals surface area (Å²) in [4.78, 5) is 29.8. The van der Waals surface area contributed by atoms with E-state index in [9.17, 15) is 18.0 Å². The number of carbonyl (C=O) groups is 2. The second kappa shape index (κ2) is 15.4. The number of halogens is 2. The third-order valence-corrected chi connectivity index (χ3v) is 9.72. The fraction of sp³-hybridized carbons (Fsp3) is 0.257. The van der Waals surface area contributed by atoms with Crippen molar-refractivity contribution in [2.45, 2.75) is 44.7 Å². The number of nitrogens with one attached hydrogen (secondary N) is 1. The van der Waals surface area contributed by atoms with Crippen LogP contribution in [-0.4, -0.2) is 44.3 Å². The first-order valence-corrected chi connectivity index (χ1v) is 16.8.